The van der Waals surface area contributed by atoms with E-state index in [1.54, 1.807) is 25.1 Å². The average Bonchev–Trinajstić information content (AvgIpc) is 2.82. The van der Waals surface area contributed by atoms with E-state index in [2.05, 4.69) is 5.32 Å². The standard InChI is InChI=1S/C25H32Cl3N3O5S/c1-6-16(3)29-25(33)22(7-2)30(14-17-8-9-18(26)12-20(17)27)24(32)15-31(37(5,34)35)19-10-11-23(36-4)21(28)13-19/h8-13,16,22H,6-7,14-15H2,1-5H3,(H,29,33)/t16-,22+/m1/s1. The summed E-state index contributed by atoms with van der Waals surface area (Å²) in [7, 11) is -2.46. The molecule has 0 aliphatic heterocycles. The second-order valence-corrected chi connectivity index (χ2v) is 11.7. The number of anilines is 1. The number of carbonyl (C=O) groups excluding carboxylic acids is 2. The Morgan fingerprint density at radius 2 is 1.70 bits per heavy atom. The number of nitrogens with zero attached hydrogens (tertiary/aromatic N) is 2. The van der Waals surface area contributed by atoms with Gasteiger partial charge < -0.3 is 15.0 Å². The van der Waals surface area contributed by atoms with E-state index in [0.717, 1.165) is 10.6 Å². The van der Waals surface area contributed by atoms with E-state index in [4.69, 9.17) is 39.5 Å². The van der Waals surface area contributed by atoms with Gasteiger partial charge in [0.25, 0.3) is 0 Å². The summed E-state index contributed by atoms with van der Waals surface area (Å²) in [5.41, 5.74) is 0.746. The lowest BCUT2D eigenvalue weighted by molar-refractivity contribution is -0.140. The Morgan fingerprint density at radius 1 is 1.03 bits per heavy atom. The molecule has 0 heterocycles. The van der Waals surface area contributed by atoms with Gasteiger partial charge in [-0.3, -0.25) is 13.9 Å². The van der Waals surface area contributed by atoms with E-state index in [1.807, 2.05) is 13.8 Å². The summed E-state index contributed by atoms with van der Waals surface area (Å²) in [6, 6.07) is 8.29. The molecule has 8 nitrogen and oxygen atoms in total. The monoisotopic (exact) mass is 591 g/mol. The van der Waals surface area contributed by atoms with Gasteiger partial charge in [-0.05, 0) is 55.7 Å². The first-order chi connectivity index (χ1) is 17.3. The smallest absolute Gasteiger partial charge is 0.244 e. The molecule has 0 aliphatic rings. The topological polar surface area (TPSA) is 96.0 Å². The normalized spacial score (nSPS) is 13.0. The van der Waals surface area contributed by atoms with E-state index < -0.39 is 28.5 Å². The molecule has 0 saturated heterocycles. The van der Waals surface area contributed by atoms with Gasteiger partial charge in [-0.25, -0.2) is 8.42 Å². The third kappa shape index (κ3) is 8.40. The molecular formula is C25H32Cl3N3O5S. The van der Waals surface area contributed by atoms with Crippen molar-refractivity contribution in [2.45, 2.75) is 52.2 Å². The lowest BCUT2D eigenvalue weighted by Gasteiger charge is -2.33. The lowest BCUT2D eigenvalue weighted by atomic mass is 10.1. The Hall–Kier alpha value is -2.20. The van der Waals surface area contributed by atoms with Crippen LogP contribution in [0.4, 0.5) is 5.69 Å². The van der Waals surface area contributed by atoms with E-state index in [1.165, 1.54) is 30.2 Å². The minimum Gasteiger partial charge on any atom is -0.495 e. The highest BCUT2D eigenvalue weighted by Gasteiger charge is 2.32. The van der Waals surface area contributed by atoms with E-state index in [0.29, 0.717) is 34.2 Å². The first-order valence-electron chi connectivity index (χ1n) is 11.7. The minimum absolute atomic E-state index is 0.0256. The second-order valence-electron chi connectivity index (χ2n) is 8.59. The predicted molar refractivity (Wildman–Crippen MR) is 149 cm³/mol. The van der Waals surface area contributed by atoms with Gasteiger partial charge in [-0.1, -0.05) is 54.7 Å². The third-order valence-electron chi connectivity index (χ3n) is 5.85. The summed E-state index contributed by atoms with van der Waals surface area (Å²) in [5.74, 6) is -0.569. The maximum Gasteiger partial charge on any atom is 0.244 e. The molecule has 0 aliphatic carbocycles. The molecule has 37 heavy (non-hydrogen) atoms. The number of nitrogens with one attached hydrogen (secondary N) is 1. The predicted octanol–water partition coefficient (Wildman–Crippen LogP) is 5.14. The van der Waals surface area contributed by atoms with Crippen molar-refractivity contribution in [1.29, 1.82) is 0 Å². The van der Waals surface area contributed by atoms with Crippen LogP contribution in [0.3, 0.4) is 0 Å². The van der Waals surface area contributed by atoms with Crippen molar-refractivity contribution < 1.29 is 22.7 Å². The fourth-order valence-corrected chi connectivity index (χ4v) is 5.18. The fraction of sp³-hybridized carbons (Fsp3) is 0.440. The molecule has 2 aromatic rings. The van der Waals surface area contributed by atoms with Crippen LogP contribution in [0, 0.1) is 0 Å². The van der Waals surface area contributed by atoms with Crippen molar-refractivity contribution in [3.05, 3.63) is 57.0 Å². The molecule has 204 valence electrons. The Labute approximate surface area is 233 Å². The molecule has 2 atom stereocenters. The Balaban J connectivity index is 2.50. The van der Waals surface area contributed by atoms with Crippen LogP contribution in [-0.2, 0) is 26.2 Å². The van der Waals surface area contributed by atoms with Crippen LogP contribution < -0.4 is 14.4 Å². The number of methoxy groups -OCH3 is 1. The molecule has 0 fully saturated rings. The molecule has 0 radical (unpaired) electrons. The average molecular weight is 593 g/mol. The van der Waals surface area contributed by atoms with Crippen molar-refractivity contribution in [1.82, 2.24) is 10.2 Å². The number of carbonyl (C=O) groups is 2. The zero-order valence-corrected chi connectivity index (χ0v) is 24.5. The molecule has 2 amide bonds. The highest BCUT2D eigenvalue weighted by atomic mass is 35.5. The SMILES string of the molecule is CC[C@@H](C)NC(=O)[C@H](CC)N(Cc1ccc(Cl)cc1Cl)C(=O)CN(c1ccc(OC)c(Cl)c1)S(C)(=O)=O. The zero-order chi connectivity index (χ0) is 27.9. The van der Waals surface area contributed by atoms with Gasteiger partial charge in [-0.15, -0.1) is 0 Å². The van der Waals surface area contributed by atoms with Gasteiger partial charge in [-0.2, -0.15) is 0 Å². The zero-order valence-electron chi connectivity index (χ0n) is 21.4. The number of benzene rings is 2. The van der Waals surface area contributed by atoms with Crippen molar-refractivity contribution >= 4 is 62.3 Å². The molecule has 0 aromatic heterocycles. The van der Waals surface area contributed by atoms with Crippen LogP contribution in [-0.4, -0.2) is 57.1 Å². The first-order valence-corrected chi connectivity index (χ1v) is 14.7. The van der Waals surface area contributed by atoms with E-state index >= 15 is 0 Å². The van der Waals surface area contributed by atoms with Crippen molar-refractivity contribution in [3.8, 4) is 5.75 Å². The number of ether oxygens (including phenoxy) is 1. The quantitative estimate of drug-likeness (QED) is 0.368. The van der Waals surface area contributed by atoms with Crippen LogP contribution in [0.1, 0.15) is 39.2 Å². The minimum atomic E-state index is -3.90. The van der Waals surface area contributed by atoms with Gasteiger partial charge in [0.1, 0.15) is 18.3 Å². The molecule has 0 bridgehead atoms. The molecule has 0 unspecified atom stereocenters. The van der Waals surface area contributed by atoms with Crippen LogP contribution in [0.15, 0.2) is 36.4 Å². The highest BCUT2D eigenvalue weighted by Crippen LogP contribution is 2.31. The molecule has 0 spiro atoms. The fourth-order valence-electron chi connectivity index (χ4n) is 3.62. The maximum absolute atomic E-state index is 13.7. The van der Waals surface area contributed by atoms with Crippen LogP contribution in [0.5, 0.6) is 5.75 Å². The summed E-state index contributed by atoms with van der Waals surface area (Å²) >= 11 is 18.6. The molecular weight excluding hydrogens is 561 g/mol. The second kappa shape index (κ2) is 13.6. The molecule has 1 N–H and O–H groups in total. The summed E-state index contributed by atoms with van der Waals surface area (Å²) in [5, 5.41) is 3.84. The third-order valence-corrected chi connectivity index (χ3v) is 7.87. The summed E-state index contributed by atoms with van der Waals surface area (Å²) < 4.78 is 31.5. The summed E-state index contributed by atoms with van der Waals surface area (Å²) in [4.78, 5) is 28.2. The van der Waals surface area contributed by atoms with Gasteiger partial charge in [0.2, 0.25) is 21.8 Å². The van der Waals surface area contributed by atoms with Gasteiger partial charge in [0, 0.05) is 22.6 Å². The molecule has 0 saturated carbocycles. The van der Waals surface area contributed by atoms with E-state index in [-0.39, 0.29) is 29.2 Å². The number of sulfonamides is 1. The first kappa shape index (κ1) is 31.0. The Kier molecular flexibility index (Phi) is 11.4. The summed E-state index contributed by atoms with van der Waals surface area (Å²) in [6.07, 6.45) is 2.00. The van der Waals surface area contributed by atoms with Gasteiger partial charge >= 0.3 is 0 Å². The van der Waals surface area contributed by atoms with Crippen LogP contribution >= 0.6 is 34.8 Å². The maximum atomic E-state index is 13.7. The number of amides is 2. The van der Waals surface area contributed by atoms with Gasteiger partial charge in [0.05, 0.1) is 24.1 Å². The Bertz CT molecular complexity index is 1230. The number of hydrogen-bond donors (Lipinski definition) is 1. The summed E-state index contributed by atoms with van der Waals surface area (Å²) in [6.45, 7) is 5.00. The largest absolute Gasteiger partial charge is 0.495 e. The molecule has 2 rings (SSSR count). The number of hydrogen-bond acceptors (Lipinski definition) is 5. The lowest BCUT2D eigenvalue weighted by Crippen LogP contribution is -2.53. The molecule has 2 aromatic carbocycles. The number of rotatable bonds is 12. The van der Waals surface area contributed by atoms with E-state index in [9.17, 15) is 18.0 Å². The van der Waals surface area contributed by atoms with Crippen LogP contribution in [0.25, 0.3) is 0 Å². The van der Waals surface area contributed by atoms with Crippen LogP contribution in [0.2, 0.25) is 15.1 Å². The molecule has 12 heteroatoms. The van der Waals surface area contributed by atoms with Crippen molar-refractivity contribution in [2.75, 3.05) is 24.2 Å². The number of halogens is 3. The van der Waals surface area contributed by atoms with Crippen molar-refractivity contribution in [2.24, 2.45) is 0 Å². The van der Waals surface area contributed by atoms with Crippen molar-refractivity contribution in [3.63, 3.8) is 0 Å². The van der Waals surface area contributed by atoms with Gasteiger partial charge in [0.15, 0.2) is 0 Å². The Morgan fingerprint density at radius 3 is 2.22 bits per heavy atom. The highest BCUT2D eigenvalue weighted by molar-refractivity contribution is 7.92.